The Morgan fingerprint density at radius 3 is 2.35 bits per heavy atom. The first-order chi connectivity index (χ1) is 17.2. The summed E-state index contributed by atoms with van der Waals surface area (Å²) in [6, 6.07) is 7.05. The minimum absolute atomic E-state index is 0.103. The van der Waals surface area contributed by atoms with Crippen LogP contribution in [0.25, 0.3) is 6.08 Å². The molecule has 2 atom stereocenters. The molecule has 0 radical (unpaired) electrons. The van der Waals surface area contributed by atoms with Gasteiger partial charge < -0.3 is 9.84 Å². The van der Waals surface area contributed by atoms with Crippen molar-refractivity contribution < 1.29 is 36.2 Å². The molecular weight excluding hydrogens is 569 g/mol. The fourth-order valence-corrected chi connectivity index (χ4v) is 4.68. The molecule has 6 nitrogen and oxygen atoms in total. The zero-order valence-electron chi connectivity index (χ0n) is 18.3. The number of thioether (sulfide) groups is 1. The predicted molar refractivity (Wildman–Crippen MR) is 130 cm³/mol. The first-order valence-electron chi connectivity index (χ1n) is 9.90. The van der Waals surface area contributed by atoms with Gasteiger partial charge in [0.2, 0.25) is 0 Å². The lowest BCUT2D eigenvalue weighted by Crippen LogP contribution is -2.36. The number of anilines is 1. The molecule has 196 valence electrons. The van der Waals surface area contributed by atoms with Crippen LogP contribution >= 0.6 is 35.0 Å². The number of aromatic hydroxyl groups is 1. The summed E-state index contributed by atoms with van der Waals surface area (Å²) < 4.78 is 84.2. The Labute approximate surface area is 220 Å². The number of hydrogen-bond acceptors (Lipinski definition) is 7. The third-order valence-corrected chi connectivity index (χ3v) is 6.34. The molecule has 0 aliphatic carbocycles. The second-order valence-electron chi connectivity index (χ2n) is 7.21. The molecule has 1 heterocycles. The van der Waals surface area contributed by atoms with Gasteiger partial charge in [0.25, 0.3) is 0 Å². The second kappa shape index (κ2) is 11.1. The Morgan fingerprint density at radius 1 is 1.16 bits per heavy atom. The van der Waals surface area contributed by atoms with Gasteiger partial charge in [-0.05, 0) is 47.7 Å². The van der Waals surface area contributed by atoms with Crippen molar-refractivity contribution in [1.29, 1.82) is 5.26 Å². The van der Waals surface area contributed by atoms with Gasteiger partial charge in [-0.15, -0.1) is 0 Å². The lowest BCUT2D eigenvalue weighted by Gasteiger charge is -2.26. The van der Waals surface area contributed by atoms with Gasteiger partial charge in [0.15, 0.2) is 23.4 Å². The van der Waals surface area contributed by atoms with Gasteiger partial charge in [-0.3, -0.25) is 4.99 Å². The average Bonchev–Trinajstić information content (AvgIpc) is 3.11. The lowest BCUT2D eigenvalue weighted by atomic mass is 10.1. The van der Waals surface area contributed by atoms with Crippen LogP contribution in [-0.4, -0.2) is 41.1 Å². The fourth-order valence-electron chi connectivity index (χ4n) is 3.21. The topological polar surface area (TPSA) is 81.2 Å². The smallest absolute Gasteiger partial charge is 0.442 e. The number of halogens is 8. The maximum absolute atomic E-state index is 13.3. The van der Waals surface area contributed by atoms with Gasteiger partial charge in [-0.2, -0.15) is 36.7 Å². The van der Waals surface area contributed by atoms with E-state index in [9.17, 15) is 36.7 Å². The third-order valence-electron chi connectivity index (χ3n) is 4.77. The van der Waals surface area contributed by atoms with E-state index < -0.39 is 56.2 Å². The summed E-state index contributed by atoms with van der Waals surface area (Å²) in [6.07, 6.45) is -2.33. The van der Waals surface area contributed by atoms with E-state index in [4.69, 9.17) is 27.9 Å². The van der Waals surface area contributed by atoms with Gasteiger partial charge in [0.05, 0.1) is 28.4 Å². The van der Waals surface area contributed by atoms with Crippen molar-refractivity contribution in [3.63, 3.8) is 0 Å². The van der Waals surface area contributed by atoms with E-state index in [1.807, 2.05) is 0 Å². The highest BCUT2D eigenvalue weighted by Crippen LogP contribution is 2.46. The SMILES string of the molecule is COc1cc(/C=C/C=N/C2C(SC(F)(F)F)C(C#N)=NN2c2c(Cl)cc(C(F)(F)F)cc2Cl)ccc1O. The first-order valence-corrected chi connectivity index (χ1v) is 11.5. The van der Waals surface area contributed by atoms with Crippen molar-refractivity contribution in [3.8, 4) is 17.6 Å². The summed E-state index contributed by atoms with van der Waals surface area (Å²) in [7, 11) is 1.35. The number of alkyl halides is 6. The van der Waals surface area contributed by atoms with E-state index in [-0.39, 0.29) is 17.2 Å². The molecule has 0 saturated heterocycles. The number of ether oxygens (including phenoxy) is 1. The Morgan fingerprint density at radius 2 is 1.81 bits per heavy atom. The normalized spacial score (nSPS) is 18.5. The summed E-state index contributed by atoms with van der Waals surface area (Å²) in [6.45, 7) is 0. The number of aliphatic imine (C=N–C) groups is 1. The van der Waals surface area contributed by atoms with Gasteiger partial charge in [-0.1, -0.05) is 35.3 Å². The summed E-state index contributed by atoms with van der Waals surface area (Å²) in [5, 5.41) is 20.9. The Balaban J connectivity index is 2.02. The second-order valence-corrected chi connectivity index (χ2v) is 9.24. The highest BCUT2D eigenvalue weighted by atomic mass is 35.5. The molecule has 1 aliphatic rings. The first kappa shape index (κ1) is 28.5. The van der Waals surface area contributed by atoms with Crippen LogP contribution in [0.5, 0.6) is 11.5 Å². The summed E-state index contributed by atoms with van der Waals surface area (Å²) >= 11 is 11.5. The molecule has 0 aromatic heterocycles. The number of methoxy groups -OCH3 is 1. The molecule has 37 heavy (non-hydrogen) atoms. The minimum Gasteiger partial charge on any atom is -0.504 e. The molecule has 2 unspecified atom stereocenters. The van der Waals surface area contributed by atoms with Gasteiger partial charge in [-0.25, -0.2) is 5.01 Å². The highest BCUT2D eigenvalue weighted by Gasteiger charge is 2.47. The van der Waals surface area contributed by atoms with Crippen LogP contribution in [-0.2, 0) is 6.18 Å². The van der Waals surface area contributed by atoms with Gasteiger partial charge >= 0.3 is 11.7 Å². The van der Waals surface area contributed by atoms with Crippen LogP contribution in [0.15, 0.2) is 46.5 Å². The molecular formula is C22H14Cl2F6N4O2S. The number of phenolic OH excluding ortho intramolecular Hbond substituents is 1. The molecule has 2 aromatic carbocycles. The molecule has 0 amide bonds. The number of nitrogens with zero attached hydrogens (tertiary/aromatic N) is 4. The van der Waals surface area contributed by atoms with Crippen molar-refractivity contribution in [2.24, 2.45) is 10.1 Å². The Kier molecular flexibility index (Phi) is 8.56. The van der Waals surface area contributed by atoms with Crippen LogP contribution in [0.1, 0.15) is 11.1 Å². The van der Waals surface area contributed by atoms with Crippen LogP contribution in [0, 0.1) is 11.3 Å². The minimum atomic E-state index is -4.79. The number of rotatable bonds is 6. The van der Waals surface area contributed by atoms with Crippen LogP contribution in [0.4, 0.5) is 32.0 Å². The molecule has 0 bridgehead atoms. The van der Waals surface area contributed by atoms with Crippen LogP contribution < -0.4 is 9.75 Å². The number of benzene rings is 2. The number of hydrogen-bond donors (Lipinski definition) is 1. The maximum Gasteiger partial charge on any atom is 0.442 e. The van der Waals surface area contributed by atoms with Gasteiger partial charge in [0, 0.05) is 6.21 Å². The van der Waals surface area contributed by atoms with E-state index in [2.05, 4.69) is 10.1 Å². The van der Waals surface area contributed by atoms with E-state index in [0.29, 0.717) is 17.7 Å². The quantitative estimate of drug-likeness (QED) is 0.289. The number of allylic oxidation sites excluding steroid dienone is 1. The number of phenols is 1. The third kappa shape index (κ3) is 6.82. The molecule has 2 aromatic rings. The van der Waals surface area contributed by atoms with Crippen molar-refractivity contribution in [3.05, 3.63) is 57.6 Å². The lowest BCUT2D eigenvalue weighted by molar-refractivity contribution is -0.137. The van der Waals surface area contributed by atoms with Gasteiger partial charge in [0.1, 0.15) is 11.3 Å². The number of hydrazone groups is 1. The average molecular weight is 583 g/mol. The molecule has 0 fully saturated rings. The van der Waals surface area contributed by atoms with E-state index >= 15 is 0 Å². The highest BCUT2D eigenvalue weighted by molar-refractivity contribution is 8.01. The Hall–Kier alpha value is -3.08. The van der Waals surface area contributed by atoms with Crippen molar-refractivity contribution in [2.45, 2.75) is 23.1 Å². The zero-order chi connectivity index (χ0) is 27.5. The standard InChI is InChI=1S/C22H14Cl2F6N4O2S/c1-36-17-7-11(4-5-16(17)35)3-2-6-32-20-19(37-22(28,29)30)15(10-31)33-34(20)18-13(23)8-12(9-14(18)24)21(25,26)27/h2-9,19-20,35H,1H3/b3-2+,32-6+. The van der Waals surface area contributed by atoms with Crippen molar-refractivity contribution in [1.82, 2.24) is 0 Å². The summed E-state index contributed by atoms with van der Waals surface area (Å²) in [5.41, 5.74) is -6.34. The molecule has 0 spiro atoms. The van der Waals surface area contributed by atoms with Crippen LogP contribution in [0.2, 0.25) is 10.0 Å². The van der Waals surface area contributed by atoms with Crippen LogP contribution in [0.3, 0.4) is 0 Å². The Bertz CT molecular complexity index is 1280. The largest absolute Gasteiger partial charge is 0.504 e. The summed E-state index contributed by atoms with van der Waals surface area (Å²) in [5.74, 6) is 0.0785. The predicted octanol–water partition coefficient (Wildman–Crippen LogP) is 7.16. The molecule has 15 heteroatoms. The maximum atomic E-state index is 13.3. The molecule has 3 rings (SSSR count). The molecule has 1 aliphatic heterocycles. The van der Waals surface area contributed by atoms with E-state index in [1.54, 1.807) is 6.07 Å². The monoisotopic (exact) mass is 582 g/mol. The molecule has 0 saturated carbocycles. The van der Waals surface area contributed by atoms with Crippen molar-refractivity contribution in [2.75, 3.05) is 12.1 Å². The van der Waals surface area contributed by atoms with E-state index in [1.165, 1.54) is 37.5 Å². The fraction of sp³-hybridized carbons (Fsp3) is 0.227. The molecule has 1 N–H and O–H groups in total. The van der Waals surface area contributed by atoms with Crippen molar-refractivity contribution >= 4 is 58.7 Å². The number of nitriles is 1. The summed E-state index contributed by atoms with van der Waals surface area (Å²) in [4.78, 5) is 4.08. The zero-order valence-corrected chi connectivity index (χ0v) is 20.7. The van der Waals surface area contributed by atoms with E-state index in [0.717, 1.165) is 11.2 Å².